The van der Waals surface area contributed by atoms with Gasteiger partial charge in [-0.2, -0.15) is 0 Å². The molecule has 1 N–H and O–H groups in total. The van der Waals surface area contributed by atoms with Gasteiger partial charge < -0.3 is 9.73 Å². The molecule has 0 bridgehead atoms. The molecule has 5 heteroatoms. The number of aryl methyl sites for hydroxylation is 2. The highest BCUT2D eigenvalue weighted by Gasteiger charge is 2.17. The Morgan fingerprint density at radius 1 is 1.33 bits per heavy atom. The fourth-order valence-corrected chi connectivity index (χ4v) is 3.05. The van der Waals surface area contributed by atoms with Crippen molar-refractivity contribution in [2.24, 2.45) is 0 Å². The predicted octanol–water partition coefficient (Wildman–Crippen LogP) is 3.48. The van der Waals surface area contributed by atoms with Crippen LogP contribution >= 0.6 is 11.3 Å². The molecule has 0 saturated carbocycles. The molecular weight excluding hydrogens is 246 g/mol. The zero-order valence-corrected chi connectivity index (χ0v) is 12.1. The van der Waals surface area contributed by atoms with Crippen LogP contribution in [0.2, 0.25) is 0 Å². The zero-order valence-electron chi connectivity index (χ0n) is 11.3. The second-order valence-electron chi connectivity index (χ2n) is 4.29. The third kappa shape index (κ3) is 2.62. The summed E-state index contributed by atoms with van der Waals surface area (Å²) >= 11 is 1.64. The molecule has 0 aliphatic carbocycles. The second-order valence-corrected chi connectivity index (χ2v) is 5.30. The second kappa shape index (κ2) is 5.63. The smallest absolute Gasteiger partial charge is 0.151 e. The number of hydrogen-bond acceptors (Lipinski definition) is 5. The zero-order chi connectivity index (χ0) is 13.1. The van der Waals surface area contributed by atoms with E-state index in [2.05, 4.69) is 29.4 Å². The van der Waals surface area contributed by atoms with E-state index in [0.29, 0.717) is 6.04 Å². The van der Waals surface area contributed by atoms with Crippen molar-refractivity contribution in [3.05, 3.63) is 22.6 Å². The van der Waals surface area contributed by atoms with Crippen LogP contribution in [0.15, 0.2) is 10.5 Å². The molecule has 2 aromatic rings. The fourth-order valence-electron chi connectivity index (χ4n) is 1.98. The van der Waals surface area contributed by atoms with Crippen molar-refractivity contribution in [2.45, 2.75) is 40.2 Å². The van der Waals surface area contributed by atoms with E-state index in [4.69, 9.17) is 4.42 Å². The van der Waals surface area contributed by atoms with Gasteiger partial charge in [0.25, 0.3) is 0 Å². The van der Waals surface area contributed by atoms with Crippen LogP contribution in [-0.2, 0) is 0 Å². The minimum Gasteiger partial charge on any atom is -0.466 e. The number of furan rings is 1. The third-order valence-corrected chi connectivity index (χ3v) is 3.94. The maximum absolute atomic E-state index is 5.54. The van der Waals surface area contributed by atoms with Gasteiger partial charge in [0.2, 0.25) is 0 Å². The number of hydrogen-bond donors (Lipinski definition) is 1. The van der Waals surface area contributed by atoms with Gasteiger partial charge in [0, 0.05) is 0 Å². The molecule has 0 saturated heterocycles. The average molecular weight is 265 g/mol. The van der Waals surface area contributed by atoms with Gasteiger partial charge in [-0.1, -0.05) is 25.2 Å². The van der Waals surface area contributed by atoms with Gasteiger partial charge >= 0.3 is 0 Å². The van der Waals surface area contributed by atoms with E-state index in [1.165, 1.54) is 0 Å². The molecule has 1 atom stereocenters. The quantitative estimate of drug-likeness (QED) is 0.899. The molecule has 2 heterocycles. The lowest BCUT2D eigenvalue weighted by molar-refractivity contribution is 0.505. The van der Waals surface area contributed by atoms with Crippen molar-refractivity contribution in [3.8, 4) is 10.6 Å². The van der Waals surface area contributed by atoms with Crippen molar-refractivity contribution in [1.82, 2.24) is 15.5 Å². The van der Waals surface area contributed by atoms with Gasteiger partial charge in [-0.15, -0.1) is 10.2 Å². The Bertz CT molecular complexity index is 518. The molecule has 18 heavy (non-hydrogen) atoms. The molecule has 2 rings (SSSR count). The van der Waals surface area contributed by atoms with Crippen molar-refractivity contribution >= 4 is 11.3 Å². The maximum atomic E-state index is 5.54. The standard InChI is InChI=1S/C13H19N3OS/c1-5-11(14-6-2)13-16-15-12(18-13)10-7-8(3)17-9(10)4/h7,11,14H,5-6H2,1-4H3. The lowest BCUT2D eigenvalue weighted by atomic mass is 10.2. The van der Waals surface area contributed by atoms with Gasteiger partial charge in [0.15, 0.2) is 5.01 Å². The molecule has 0 aromatic carbocycles. The van der Waals surface area contributed by atoms with Crippen LogP contribution in [0.1, 0.15) is 42.8 Å². The Hall–Kier alpha value is -1.20. The minimum atomic E-state index is 0.301. The highest BCUT2D eigenvalue weighted by molar-refractivity contribution is 7.14. The van der Waals surface area contributed by atoms with Crippen molar-refractivity contribution in [2.75, 3.05) is 6.54 Å². The van der Waals surface area contributed by atoms with E-state index in [-0.39, 0.29) is 0 Å². The summed E-state index contributed by atoms with van der Waals surface area (Å²) in [6.07, 6.45) is 1.02. The molecule has 0 aliphatic rings. The summed E-state index contributed by atoms with van der Waals surface area (Å²) in [5, 5.41) is 14.0. The summed E-state index contributed by atoms with van der Waals surface area (Å²) in [4.78, 5) is 0. The van der Waals surface area contributed by atoms with E-state index in [1.54, 1.807) is 11.3 Å². The van der Waals surface area contributed by atoms with Gasteiger partial charge in [0.1, 0.15) is 16.5 Å². The van der Waals surface area contributed by atoms with Crippen molar-refractivity contribution < 1.29 is 4.42 Å². The normalized spacial score (nSPS) is 12.9. The largest absolute Gasteiger partial charge is 0.466 e. The average Bonchev–Trinajstić information content (AvgIpc) is 2.92. The fraction of sp³-hybridized carbons (Fsp3) is 0.538. The monoisotopic (exact) mass is 265 g/mol. The van der Waals surface area contributed by atoms with E-state index < -0.39 is 0 Å². The summed E-state index contributed by atoms with van der Waals surface area (Å²) in [5.41, 5.74) is 1.06. The summed E-state index contributed by atoms with van der Waals surface area (Å²) < 4.78 is 5.54. The Morgan fingerprint density at radius 2 is 2.11 bits per heavy atom. The van der Waals surface area contributed by atoms with Crippen LogP contribution in [0.5, 0.6) is 0 Å². The minimum absolute atomic E-state index is 0.301. The van der Waals surface area contributed by atoms with Crippen molar-refractivity contribution in [1.29, 1.82) is 0 Å². The molecule has 1 unspecified atom stereocenters. The van der Waals surface area contributed by atoms with E-state index in [9.17, 15) is 0 Å². The van der Waals surface area contributed by atoms with E-state index in [1.807, 2.05) is 19.9 Å². The molecule has 0 spiro atoms. The van der Waals surface area contributed by atoms with Gasteiger partial charge in [0.05, 0.1) is 11.6 Å². The number of aromatic nitrogens is 2. The van der Waals surface area contributed by atoms with Crippen LogP contribution in [0.3, 0.4) is 0 Å². The van der Waals surface area contributed by atoms with Crippen molar-refractivity contribution in [3.63, 3.8) is 0 Å². The molecule has 0 aliphatic heterocycles. The molecule has 0 fully saturated rings. The molecule has 0 amide bonds. The summed E-state index contributed by atoms with van der Waals surface area (Å²) in [6, 6.07) is 2.32. The summed E-state index contributed by atoms with van der Waals surface area (Å²) in [6.45, 7) is 9.12. The first-order chi connectivity index (χ1) is 8.65. The lowest BCUT2D eigenvalue weighted by Crippen LogP contribution is -2.19. The van der Waals surface area contributed by atoms with E-state index >= 15 is 0 Å². The molecule has 0 radical (unpaired) electrons. The molecule has 4 nitrogen and oxygen atoms in total. The molecular formula is C13H19N3OS. The summed E-state index contributed by atoms with van der Waals surface area (Å²) in [5.74, 6) is 1.82. The highest BCUT2D eigenvalue weighted by atomic mass is 32.1. The highest BCUT2D eigenvalue weighted by Crippen LogP contribution is 2.31. The maximum Gasteiger partial charge on any atom is 0.151 e. The van der Waals surface area contributed by atoms with Crippen LogP contribution in [0.25, 0.3) is 10.6 Å². The van der Waals surface area contributed by atoms with Crippen LogP contribution in [0, 0.1) is 13.8 Å². The first kappa shape index (κ1) is 13.2. The van der Waals surface area contributed by atoms with Gasteiger partial charge in [-0.3, -0.25) is 0 Å². The summed E-state index contributed by atoms with van der Waals surface area (Å²) in [7, 11) is 0. The van der Waals surface area contributed by atoms with Crippen LogP contribution in [-0.4, -0.2) is 16.7 Å². The van der Waals surface area contributed by atoms with Crippen LogP contribution < -0.4 is 5.32 Å². The third-order valence-electron chi connectivity index (χ3n) is 2.87. The van der Waals surface area contributed by atoms with Gasteiger partial charge in [-0.05, 0) is 32.9 Å². The number of rotatable bonds is 5. The topological polar surface area (TPSA) is 51.0 Å². The number of nitrogens with one attached hydrogen (secondary N) is 1. The first-order valence-corrected chi connectivity index (χ1v) is 7.11. The molecule has 98 valence electrons. The predicted molar refractivity (Wildman–Crippen MR) is 73.8 cm³/mol. The van der Waals surface area contributed by atoms with E-state index in [0.717, 1.165) is 40.1 Å². The van der Waals surface area contributed by atoms with Crippen LogP contribution in [0.4, 0.5) is 0 Å². The Kier molecular flexibility index (Phi) is 4.14. The lowest BCUT2D eigenvalue weighted by Gasteiger charge is -2.10. The SMILES string of the molecule is CCNC(CC)c1nnc(-c2cc(C)oc2C)s1. The molecule has 2 aromatic heterocycles. The Balaban J connectivity index is 2.27. The first-order valence-electron chi connectivity index (χ1n) is 6.29. The Morgan fingerprint density at radius 3 is 2.67 bits per heavy atom. The Labute approximate surface area is 111 Å². The number of nitrogens with zero attached hydrogens (tertiary/aromatic N) is 2. The van der Waals surface area contributed by atoms with Gasteiger partial charge in [-0.25, -0.2) is 0 Å².